The van der Waals surface area contributed by atoms with Crippen molar-refractivity contribution in [1.29, 1.82) is 0 Å². The van der Waals surface area contributed by atoms with Crippen LogP contribution < -0.4 is 5.32 Å². The Morgan fingerprint density at radius 2 is 1.97 bits per heavy atom. The second kappa shape index (κ2) is 9.11. The van der Waals surface area contributed by atoms with Crippen LogP contribution in [0.4, 0.5) is 19.1 Å². The molecule has 0 aliphatic rings. The number of carbonyl (C=O) groups is 1. The summed E-state index contributed by atoms with van der Waals surface area (Å²) in [6, 6.07) is 5.03. The summed E-state index contributed by atoms with van der Waals surface area (Å²) in [4.78, 5) is 26.7. The number of aryl methyl sites for hydroxylation is 1. The molecule has 0 fully saturated rings. The molecule has 1 unspecified atom stereocenters. The number of likely N-dealkylation sites (N-methyl/N-ethyl adjacent to an activating group) is 1. The third kappa shape index (κ3) is 5.16. The third-order valence-corrected chi connectivity index (χ3v) is 4.64. The van der Waals surface area contributed by atoms with Gasteiger partial charge in [-0.3, -0.25) is 4.79 Å². The summed E-state index contributed by atoms with van der Waals surface area (Å²) in [6.45, 7) is 6.11. The number of halogens is 3. The minimum absolute atomic E-state index is 0.0502. The van der Waals surface area contributed by atoms with E-state index < -0.39 is 11.7 Å². The molecule has 164 valence electrons. The van der Waals surface area contributed by atoms with E-state index in [1.165, 1.54) is 0 Å². The molecule has 0 spiro atoms. The largest absolute Gasteiger partial charge is 0.419 e. The highest BCUT2D eigenvalue weighted by Crippen LogP contribution is 2.28. The minimum atomic E-state index is -4.50. The lowest BCUT2D eigenvalue weighted by Gasteiger charge is -2.28. The van der Waals surface area contributed by atoms with Crippen LogP contribution >= 0.6 is 0 Å². The molecule has 3 heterocycles. The van der Waals surface area contributed by atoms with Crippen molar-refractivity contribution >= 4 is 11.9 Å². The number of carbonyl (C=O) groups excluding carboxylic acids is 1. The fraction of sp³-hybridized carbons (Fsp3) is 0.350. The average Bonchev–Trinajstić information content (AvgIpc) is 3.27. The van der Waals surface area contributed by atoms with Gasteiger partial charge < -0.3 is 10.2 Å². The van der Waals surface area contributed by atoms with Crippen molar-refractivity contribution in [1.82, 2.24) is 29.6 Å². The fourth-order valence-corrected chi connectivity index (χ4v) is 3.01. The highest BCUT2D eigenvalue weighted by Gasteiger charge is 2.31. The number of hydrogen-bond acceptors (Lipinski definition) is 6. The molecule has 0 saturated carbocycles. The van der Waals surface area contributed by atoms with Crippen molar-refractivity contribution in [3.8, 4) is 5.69 Å². The van der Waals surface area contributed by atoms with E-state index in [0.717, 1.165) is 12.4 Å². The molecule has 1 N–H and O–H groups in total. The first kappa shape index (κ1) is 22.2. The standard InChI is InChI=1S/C20H22F3N7O/c1-4-29(14(3)10-24-19-25-11-15(12-26-19)20(21,22)23)18(31)17-16(7-6-13(2)28-17)30-9-5-8-27-30/h5-9,11-12,14H,4,10H2,1-3H3,(H,24,25,26). The molecule has 1 amide bonds. The topological polar surface area (TPSA) is 88.8 Å². The molecule has 11 heteroatoms. The first-order valence-electron chi connectivity index (χ1n) is 9.62. The van der Waals surface area contributed by atoms with Gasteiger partial charge in [0, 0.05) is 49.6 Å². The van der Waals surface area contributed by atoms with Gasteiger partial charge in [0.1, 0.15) is 0 Å². The van der Waals surface area contributed by atoms with Crippen LogP contribution in [0.15, 0.2) is 43.0 Å². The molecule has 3 aromatic heterocycles. The molecule has 3 aromatic rings. The normalized spacial score (nSPS) is 12.5. The Kier molecular flexibility index (Phi) is 6.52. The number of rotatable bonds is 7. The Bertz CT molecular complexity index is 1020. The van der Waals surface area contributed by atoms with Crippen molar-refractivity contribution < 1.29 is 18.0 Å². The molecular weight excluding hydrogens is 411 g/mol. The van der Waals surface area contributed by atoms with Gasteiger partial charge in [-0.2, -0.15) is 18.3 Å². The third-order valence-electron chi connectivity index (χ3n) is 4.64. The molecule has 0 saturated heterocycles. The monoisotopic (exact) mass is 433 g/mol. The molecule has 0 aliphatic carbocycles. The number of nitrogens with one attached hydrogen (secondary N) is 1. The van der Waals surface area contributed by atoms with E-state index in [9.17, 15) is 18.0 Å². The van der Waals surface area contributed by atoms with Crippen molar-refractivity contribution in [2.24, 2.45) is 0 Å². The van der Waals surface area contributed by atoms with Crippen LogP contribution in [-0.2, 0) is 6.18 Å². The summed E-state index contributed by atoms with van der Waals surface area (Å²) >= 11 is 0. The predicted octanol–water partition coefficient (Wildman–Crippen LogP) is 3.35. The fourth-order valence-electron chi connectivity index (χ4n) is 3.01. The summed E-state index contributed by atoms with van der Waals surface area (Å²) in [5.74, 6) is -0.228. The molecule has 3 rings (SSSR count). The van der Waals surface area contributed by atoms with Gasteiger partial charge in [0.25, 0.3) is 5.91 Å². The predicted molar refractivity (Wildman–Crippen MR) is 108 cm³/mol. The Balaban J connectivity index is 1.74. The zero-order chi connectivity index (χ0) is 22.6. The number of pyridine rings is 1. The second-order valence-corrected chi connectivity index (χ2v) is 6.89. The first-order valence-corrected chi connectivity index (χ1v) is 9.62. The highest BCUT2D eigenvalue weighted by atomic mass is 19.4. The van der Waals surface area contributed by atoms with Crippen molar-refractivity contribution in [3.63, 3.8) is 0 Å². The van der Waals surface area contributed by atoms with E-state index in [-0.39, 0.29) is 30.1 Å². The van der Waals surface area contributed by atoms with Crippen LogP contribution in [0.25, 0.3) is 5.69 Å². The van der Waals surface area contributed by atoms with Crippen LogP contribution in [0.1, 0.15) is 35.6 Å². The average molecular weight is 433 g/mol. The first-order chi connectivity index (χ1) is 14.7. The highest BCUT2D eigenvalue weighted by molar-refractivity contribution is 5.96. The molecule has 1 atom stereocenters. The molecule has 8 nitrogen and oxygen atoms in total. The van der Waals surface area contributed by atoms with Crippen LogP contribution in [0.3, 0.4) is 0 Å². The Hall–Kier alpha value is -3.50. The minimum Gasteiger partial charge on any atom is -0.352 e. The summed E-state index contributed by atoms with van der Waals surface area (Å²) in [7, 11) is 0. The summed E-state index contributed by atoms with van der Waals surface area (Å²) in [6.07, 6.45) is 0.282. The number of hydrogen-bond donors (Lipinski definition) is 1. The van der Waals surface area contributed by atoms with Crippen LogP contribution in [0, 0.1) is 6.92 Å². The van der Waals surface area contributed by atoms with E-state index in [4.69, 9.17) is 0 Å². The lowest BCUT2D eigenvalue weighted by atomic mass is 10.2. The van der Waals surface area contributed by atoms with Gasteiger partial charge in [0.15, 0.2) is 5.69 Å². The summed E-state index contributed by atoms with van der Waals surface area (Å²) in [5.41, 5.74) is 0.598. The van der Waals surface area contributed by atoms with E-state index >= 15 is 0 Å². The Morgan fingerprint density at radius 1 is 1.26 bits per heavy atom. The van der Waals surface area contributed by atoms with Gasteiger partial charge in [0.2, 0.25) is 5.95 Å². The van der Waals surface area contributed by atoms with E-state index in [1.807, 2.05) is 13.8 Å². The maximum atomic E-state index is 13.3. The van der Waals surface area contributed by atoms with Crippen molar-refractivity contribution in [2.75, 3.05) is 18.4 Å². The molecular formula is C20H22F3N7O. The number of aromatic nitrogens is 5. The van der Waals surface area contributed by atoms with E-state index in [0.29, 0.717) is 17.9 Å². The van der Waals surface area contributed by atoms with Gasteiger partial charge in [-0.1, -0.05) is 0 Å². The number of nitrogens with zero attached hydrogens (tertiary/aromatic N) is 6. The number of anilines is 1. The molecule has 0 bridgehead atoms. The number of alkyl halides is 3. The Morgan fingerprint density at radius 3 is 2.55 bits per heavy atom. The van der Waals surface area contributed by atoms with E-state index in [1.54, 1.807) is 47.1 Å². The lowest BCUT2D eigenvalue weighted by Crippen LogP contribution is -2.43. The molecule has 0 aliphatic heterocycles. The number of amides is 1. The van der Waals surface area contributed by atoms with E-state index in [2.05, 4.69) is 25.4 Å². The molecule has 0 aromatic carbocycles. The van der Waals surface area contributed by atoms with Crippen LogP contribution in [0.2, 0.25) is 0 Å². The summed E-state index contributed by atoms with van der Waals surface area (Å²) in [5, 5.41) is 7.06. The second-order valence-electron chi connectivity index (χ2n) is 6.89. The quantitative estimate of drug-likeness (QED) is 0.615. The smallest absolute Gasteiger partial charge is 0.352 e. The van der Waals surface area contributed by atoms with Crippen LogP contribution in [0.5, 0.6) is 0 Å². The van der Waals surface area contributed by atoms with Gasteiger partial charge in [-0.15, -0.1) is 0 Å². The Labute approximate surface area is 177 Å². The van der Waals surface area contributed by atoms with Crippen molar-refractivity contribution in [2.45, 2.75) is 33.0 Å². The van der Waals surface area contributed by atoms with Gasteiger partial charge in [-0.25, -0.2) is 19.6 Å². The SMILES string of the molecule is CCN(C(=O)c1nc(C)ccc1-n1cccn1)C(C)CNc1ncc(C(F)(F)F)cn1. The van der Waals surface area contributed by atoms with Gasteiger partial charge in [0.05, 0.1) is 11.3 Å². The maximum Gasteiger partial charge on any atom is 0.419 e. The molecule has 31 heavy (non-hydrogen) atoms. The zero-order valence-electron chi connectivity index (χ0n) is 17.3. The van der Waals surface area contributed by atoms with Crippen LogP contribution in [-0.4, -0.2) is 54.7 Å². The zero-order valence-corrected chi connectivity index (χ0v) is 17.3. The van der Waals surface area contributed by atoms with Crippen molar-refractivity contribution in [3.05, 3.63) is 59.9 Å². The van der Waals surface area contributed by atoms with Gasteiger partial charge >= 0.3 is 6.18 Å². The lowest BCUT2D eigenvalue weighted by molar-refractivity contribution is -0.138. The maximum absolute atomic E-state index is 13.3. The molecule has 0 radical (unpaired) electrons. The summed E-state index contributed by atoms with van der Waals surface area (Å²) < 4.78 is 39.5. The van der Waals surface area contributed by atoms with Gasteiger partial charge in [-0.05, 0) is 39.0 Å².